The van der Waals surface area contributed by atoms with Gasteiger partial charge in [-0.3, -0.25) is 14.2 Å². The topological polar surface area (TPSA) is 83.9 Å². The van der Waals surface area contributed by atoms with Gasteiger partial charge in [-0.2, -0.15) is 4.62 Å². The summed E-state index contributed by atoms with van der Waals surface area (Å²) in [5, 5.41) is 0.251. The Kier molecular flexibility index (Phi) is 3.57. The molecular weight excluding hydrogens is 185 g/mol. The molecule has 0 aromatic carbocycles. The van der Waals surface area contributed by atoms with Gasteiger partial charge in [0.25, 0.3) is 11.8 Å². The van der Waals surface area contributed by atoms with Crippen LogP contribution in [0.25, 0.3) is 0 Å². The molecule has 2 amide bonds. The lowest BCUT2D eigenvalue weighted by atomic mass is 10.6. The van der Waals surface area contributed by atoms with Gasteiger partial charge in [0.1, 0.15) is 0 Å². The second-order valence-electron chi connectivity index (χ2n) is 2.22. The van der Waals surface area contributed by atoms with Gasteiger partial charge in [0.2, 0.25) is 0 Å². The first-order chi connectivity index (χ1) is 5.24. The largest absolute Gasteiger partial charge is 0.346 e. The Labute approximate surface area is 69.6 Å². The molecule has 6 nitrogen and oxygen atoms in total. The summed E-state index contributed by atoms with van der Waals surface area (Å²) >= 11 is 0. The number of carbonyl (C=O) groups excluding carboxylic acids is 2. The average molecular weight is 195 g/mol. The van der Waals surface area contributed by atoms with Gasteiger partial charge in [-0.1, -0.05) is 0 Å². The van der Waals surface area contributed by atoms with Crippen LogP contribution in [0.1, 0.15) is 13.8 Å². The maximum atomic E-state index is 10.6. The number of nitrogens with zero attached hydrogens (tertiary/aromatic N) is 1. The molecule has 0 aliphatic heterocycles. The SMILES string of the molecule is CC(=O)N(OP(C)(=O)O)C(C)=O. The third-order valence-corrected chi connectivity index (χ3v) is 1.27. The number of hydrogen-bond acceptors (Lipinski definition) is 4. The quantitative estimate of drug-likeness (QED) is 0.500. The number of hydrogen-bond donors (Lipinski definition) is 1. The molecule has 0 spiro atoms. The predicted molar refractivity (Wildman–Crippen MR) is 40.0 cm³/mol. The fourth-order valence-corrected chi connectivity index (χ4v) is 1.02. The first-order valence-corrected chi connectivity index (χ1v) is 5.08. The number of imide groups is 1. The average Bonchev–Trinajstić information content (AvgIpc) is 1.79. The van der Waals surface area contributed by atoms with E-state index >= 15 is 0 Å². The number of carbonyl (C=O) groups is 2. The van der Waals surface area contributed by atoms with Crippen molar-refractivity contribution in [3.05, 3.63) is 0 Å². The zero-order chi connectivity index (χ0) is 9.94. The van der Waals surface area contributed by atoms with Crippen LogP contribution < -0.4 is 0 Å². The van der Waals surface area contributed by atoms with Crippen LogP contribution in [-0.2, 0) is 18.8 Å². The number of hydroxylamine groups is 2. The van der Waals surface area contributed by atoms with Gasteiger partial charge in [-0.25, -0.2) is 0 Å². The van der Waals surface area contributed by atoms with E-state index in [4.69, 9.17) is 4.89 Å². The molecule has 0 rings (SSSR count). The Bertz CT molecular complexity index is 230. The third kappa shape index (κ3) is 4.23. The van der Waals surface area contributed by atoms with Gasteiger partial charge in [-0.15, -0.1) is 5.06 Å². The highest BCUT2D eigenvalue weighted by Crippen LogP contribution is 2.37. The minimum Gasteiger partial charge on any atom is -0.323 e. The van der Waals surface area contributed by atoms with Crippen LogP contribution in [0.5, 0.6) is 0 Å². The Morgan fingerprint density at radius 2 is 1.67 bits per heavy atom. The summed E-state index contributed by atoms with van der Waals surface area (Å²) in [4.78, 5) is 29.9. The summed E-state index contributed by atoms with van der Waals surface area (Å²) < 4.78 is 14.8. The molecule has 1 atom stereocenters. The second-order valence-corrected chi connectivity index (χ2v) is 3.99. The summed E-state index contributed by atoms with van der Waals surface area (Å²) in [5.74, 6) is -1.47. The molecule has 1 unspecified atom stereocenters. The first kappa shape index (κ1) is 11.3. The van der Waals surface area contributed by atoms with Crippen molar-refractivity contribution < 1.29 is 23.7 Å². The van der Waals surface area contributed by atoms with Crippen molar-refractivity contribution >= 4 is 19.4 Å². The van der Waals surface area contributed by atoms with Crippen LogP contribution in [0.3, 0.4) is 0 Å². The Morgan fingerprint density at radius 1 is 1.33 bits per heavy atom. The van der Waals surface area contributed by atoms with Gasteiger partial charge in [0.05, 0.1) is 0 Å². The lowest BCUT2D eigenvalue weighted by molar-refractivity contribution is -0.170. The lowest BCUT2D eigenvalue weighted by Crippen LogP contribution is -2.32. The highest BCUT2D eigenvalue weighted by molar-refractivity contribution is 7.51. The maximum Gasteiger partial charge on any atom is 0.346 e. The lowest BCUT2D eigenvalue weighted by Gasteiger charge is -2.16. The summed E-state index contributed by atoms with van der Waals surface area (Å²) in [5.41, 5.74) is 0. The molecule has 0 radical (unpaired) electrons. The van der Waals surface area contributed by atoms with Crippen molar-refractivity contribution in [3.8, 4) is 0 Å². The highest BCUT2D eigenvalue weighted by atomic mass is 31.2. The second kappa shape index (κ2) is 3.80. The molecule has 7 heteroatoms. The van der Waals surface area contributed by atoms with Crippen LogP contribution in [0.4, 0.5) is 0 Å². The molecule has 0 fully saturated rings. The molecule has 0 saturated heterocycles. The zero-order valence-corrected chi connectivity index (χ0v) is 7.87. The van der Waals surface area contributed by atoms with E-state index in [1.807, 2.05) is 0 Å². The monoisotopic (exact) mass is 195 g/mol. The fraction of sp³-hybridized carbons (Fsp3) is 0.600. The van der Waals surface area contributed by atoms with Crippen molar-refractivity contribution in [2.75, 3.05) is 6.66 Å². The van der Waals surface area contributed by atoms with Gasteiger partial charge in [0, 0.05) is 20.5 Å². The minimum atomic E-state index is -3.85. The summed E-state index contributed by atoms with van der Waals surface area (Å²) in [6, 6.07) is 0. The molecular formula is C5H10NO5P. The Balaban J connectivity index is 4.46. The molecule has 0 aliphatic rings. The number of rotatable bonds is 2. The molecule has 0 saturated carbocycles. The van der Waals surface area contributed by atoms with Gasteiger partial charge >= 0.3 is 7.60 Å². The van der Waals surface area contributed by atoms with Crippen molar-refractivity contribution in [1.29, 1.82) is 0 Å². The van der Waals surface area contributed by atoms with E-state index in [9.17, 15) is 14.2 Å². The predicted octanol–water partition coefficient (Wildman–Crippen LogP) is 0.128. The molecule has 70 valence electrons. The van der Waals surface area contributed by atoms with Crippen LogP contribution in [-0.4, -0.2) is 28.4 Å². The molecule has 0 aromatic rings. The minimum absolute atomic E-state index is 0.251. The highest BCUT2D eigenvalue weighted by Gasteiger charge is 2.23. The van der Waals surface area contributed by atoms with E-state index in [1.165, 1.54) is 0 Å². The van der Waals surface area contributed by atoms with E-state index in [0.717, 1.165) is 20.5 Å². The van der Waals surface area contributed by atoms with Gasteiger partial charge in [-0.05, 0) is 0 Å². The Hall–Kier alpha value is -0.710. The molecule has 0 heterocycles. The van der Waals surface area contributed by atoms with Crippen LogP contribution >= 0.6 is 7.60 Å². The molecule has 0 bridgehead atoms. The van der Waals surface area contributed by atoms with Crippen LogP contribution in [0.15, 0.2) is 0 Å². The van der Waals surface area contributed by atoms with Crippen molar-refractivity contribution in [1.82, 2.24) is 5.06 Å². The van der Waals surface area contributed by atoms with E-state index in [-0.39, 0.29) is 5.06 Å². The van der Waals surface area contributed by atoms with Crippen molar-refractivity contribution in [2.45, 2.75) is 13.8 Å². The van der Waals surface area contributed by atoms with Crippen LogP contribution in [0, 0.1) is 0 Å². The van der Waals surface area contributed by atoms with Gasteiger partial charge < -0.3 is 4.89 Å². The third-order valence-electron chi connectivity index (χ3n) is 0.805. The molecule has 0 aliphatic carbocycles. The van der Waals surface area contributed by atoms with Crippen molar-refractivity contribution in [2.24, 2.45) is 0 Å². The standard InChI is InChI=1S/C5H10NO5P/c1-4(7)6(5(2)8)11-12(3,9)10/h1-3H3,(H,9,10). The summed E-state index contributed by atoms with van der Waals surface area (Å²) in [7, 11) is -3.85. The summed E-state index contributed by atoms with van der Waals surface area (Å²) in [6.07, 6.45) is 0. The normalized spacial score (nSPS) is 15.0. The molecule has 1 N–H and O–H groups in total. The van der Waals surface area contributed by atoms with E-state index in [2.05, 4.69) is 4.62 Å². The van der Waals surface area contributed by atoms with E-state index in [1.54, 1.807) is 0 Å². The van der Waals surface area contributed by atoms with Gasteiger partial charge in [0.15, 0.2) is 0 Å². The van der Waals surface area contributed by atoms with E-state index < -0.39 is 19.4 Å². The number of amides is 2. The first-order valence-electron chi connectivity index (χ1n) is 3.05. The molecule has 0 aromatic heterocycles. The smallest absolute Gasteiger partial charge is 0.323 e. The van der Waals surface area contributed by atoms with Crippen LogP contribution in [0.2, 0.25) is 0 Å². The Morgan fingerprint density at radius 3 is 1.75 bits per heavy atom. The van der Waals surface area contributed by atoms with E-state index in [0.29, 0.717) is 0 Å². The fourth-order valence-electron chi connectivity index (χ4n) is 0.488. The maximum absolute atomic E-state index is 10.6. The zero-order valence-electron chi connectivity index (χ0n) is 6.97. The van der Waals surface area contributed by atoms with Crippen molar-refractivity contribution in [3.63, 3.8) is 0 Å². The molecule has 12 heavy (non-hydrogen) atoms. The summed E-state index contributed by atoms with van der Waals surface area (Å²) in [6.45, 7) is 2.99.